The highest BCUT2D eigenvalue weighted by Gasteiger charge is 2.02. The summed E-state index contributed by atoms with van der Waals surface area (Å²) in [6.45, 7) is 1.18. The van der Waals surface area contributed by atoms with Crippen LogP contribution < -0.4 is 5.32 Å². The second-order valence-corrected chi connectivity index (χ2v) is 3.57. The van der Waals surface area contributed by atoms with E-state index in [1.165, 1.54) is 0 Å². The highest BCUT2D eigenvalue weighted by atomic mass is 32.2. The second kappa shape index (κ2) is 8.83. The summed E-state index contributed by atoms with van der Waals surface area (Å²) in [5.41, 5.74) is 0. The van der Waals surface area contributed by atoms with E-state index in [1.54, 1.807) is 7.11 Å². The van der Waals surface area contributed by atoms with E-state index in [-0.39, 0.29) is 17.4 Å². The molecule has 0 radical (unpaired) electrons. The largest absolute Gasteiger partial charge is 0.481 e. The molecule has 1 amide bonds. The Labute approximate surface area is 87.2 Å². The Balaban J connectivity index is 3.24. The molecule has 0 aromatic heterocycles. The van der Waals surface area contributed by atoms with E-state index in [0.717, 1.165) is 18.2 Å². The summed E-state index contributed by atoms with van der Waals surface area (Å²) in [6.07, 6.45) is 0.770. The monoisotopic (exact) mass is 221 g/mol. The first kappa shape index (κ1) is 13.2. The molecule has 0 saturated carbocycles. The van der Waals surface area contributed by atoms with E-state index in [1.807, 2.05) is 0 Å². The minimum Gasteiger partial charge on any atom is -0.481 e. The highest BCUT2D eigenvalue weighted by Crippen LogP contribution is 1.97. The summed E-state index contributed by atoms with van der Waals surface area (Å²) < 4.78 is 4.80. The number of hydrogen-bond donors (Lipinski definition) is 2. The number of carboxylic acid groups (broad SMARTS) is 1. The standard InChI is InChI=1S/C8H15NO4S/c1-13-4-2-3-9-7(10)5-14-6-8(11)12/h2-6H2,1H3,(H,9,10)(H,11,12). The molecule has 0 aliphatic heterocycles. The molecule has 0 fully saturated rings. The molecule has 0 saturated heterocycles. The van der Waals surface area contributed by atoms with Crippen LogP contribution in [0.25, 0.3) is 0 Å². The lowest BCUT2D eigenvalue weighted by atomic mass is 10.4. The fourth-order valence-electron chi connectivity index (χ4n) is 0.726. The summed E-state index contributed by atoms with van der Waals surface area (Å²) in [4.78, 5) is 21.1. The second-order valence-electron chi connectivity index (χ2n) is 2.58. The third-order valence-electron chi connectivity index (χ3n) is 1.31. The van der Waals surface area contributed by atoms with Crippen molar-refractivity contribution in [3.8, 4) is 0 Å². The number of carboxylic acids is 1. The first-order valence-electron chi connectivity index (χ1n) is 4.22. The molecule has 5 nitrogen and oxygen atoms in total. The molecule has 0 aliphatic rings. The molecule has 0 rings (SSSR count). The number of nitrogens with one attached hydrogen (secondary N) is 1. The van der Waals surface area contributed by atoms with E-state index < -0.39 is 5.97 Å². The number of aliphatic carboxylic acids is 1. The summed E-state index contributed by atoms with van der Waals surface area (Å²) >= 11 is 1.09. The Kier molecular flexibility index (Phi) is 8.36. The van der Waals surface area contributed by atoms with E-state index in [4.69, 9.17) is 9.84 Å². The topological polar surface area (TPSA) is 75.6 Å². The van der Waals surface area contributed by atoms with Crippen molar-refractivity contribution in [3.05, 3.63) is 0 Å². The molecule has 6 heteroatoms. The number of methoxy groups -OCH3 is 1. The third-order valence-corrected chi connectivity index (χ3v) is 2.22. The Morgan fingerprint density at radius 3 is 2.71 bits per heavy atom. The van der Waals surface area contributed by atoms with Gasteiger partial charge in [-0.05, 0) is 6.42 Å². The molecule has 2 N–H and O–H groups in total. The number of carbonyl (C=O) groups is 2. The molecule has 0 aromatic rings. The van der Waals surface area contributed by atoms with Crippen molar-refractivity contribution in [2.45, 2.75) is 6.42 Å². The predicted octanol–water partition coefficient (Wildman–Crippen LogP) is -0.0431. The van der Waals surface area contributed by atoms with Crippen LogP contribution in [0.5, 0.6) is 0 Å². The molecule has 0 spiro atoms. The van der Waals surface area contributed by atoms with Gasteiger partial charge in [-0.15, -0.1) is 11.8 Å². The van der Waals surface area contributed by atoms with Gasteiger partial charge < -0.3 is 15.2 Å². The van der Waals surface area contributed by atoms with Gasteiger partial charge in [0.15, 0.2) is 0 Å². The Morgan fingerprint density at radius 1 is 1.43 bits per heavy atom. The molecule has 0 aromatic carbocycles. The van der Waals surface area contributed by atoms with E-state index in [0.29, 0.717) is 13.2 Å². The average molecular weight is 221 g/mol. The Hall–Kier alpha value is -0.750. The van der Waals surface area contributed by atoms with Crippen LogP contribution in [-0.4, -0.2) is 48.8 Å². The van der Waals surface area contributed by atoms with Crippen LogP contribution in [0.3, 0.4) is 0 Å². The van der Waals surface area contributed by atoms with Crippen molar-refractivity contribution < 1.29 is 19.4 Å². The van der Waals surface area contributed by atoms with Crippen LogP contribution >= 0.6 is 11.8 Å². The van der Waals surface area contributed by atoms with Crippen molar-refractivity contribution >= 4 is 23.6 Å². The van der Waals surface area contributed by atoms with Crippen LogP contribution in [0.4, 0.5) is 0 Å². The molecule has 0 bridgehead atoms. The molecule has 0 heterocycles. The molecule has 0 atom stereocenters. The number of ether oxygens (including phenoxy) is 1. The number of amides is 1. The minimum absolute atomic E-state index is 0.0362. The van der Waals surface area contributed by atoms with Gasteiger partial charge in [-0.1, -0.05) is 0 Å². The van der Waals surface area contributed by atoms with Gasteiger partial charge in [0.1, 0.15) is 0 Å². The van der Waals surface area contributed by atoms with Gasteiger partial charge in [0.2, 0.25) is 5.91 Å². The molecule has 0 aliphatic carbocycles. The zero-order valence-corrected chi connectivity index (χ0v) is 8.93. The predicted molar refractivity (Wildman–Crippen MR) is 54.5 cm³/mol. The molecule has 0 unspecified atom stereocenters. The average Bonchev–Trinajstić information content (AvgIpc) is 2.12. The maximum absolute atomic E-state index is 11.0. The van der Waals surface area contributed by atoms with Gasteiger partial charge in [-0.25, -0.2) is 0 Å². The van der Waals surface area contributed by atoms with E-state index in [9.17, 15) is 9.59 Å². The minimum atomic E-state index is -0.901. The molecular formula is C8H15NO4S. The van der Waals surface area contributed by atoms with Crippen molar-refractivity contribution in [2.24, 2.45) is 0 Å². The van der Waals surface area contributed by atoms with Crippen molar-refractivity contribution in [1.29, 1.82) is 0 Å². The number of rotatable bonds is 8. The fourth-order valence-corrected chi connectivity index (χ4v) is 1.29. The quantitative estimate of drug-likeness (QED) is 0.562. The van der Waals surface area contributed by atoms with Gasteiger partial charge in [0.05, 0.1) is 11.5 Å². The van der Waals surface area contributed by atoms with E-state index >= 15 is 0 Å². The number of carbonyl (C=O) groups excluding carboxylic acids is 1. The molecular weight excluding hydrogens is 206 g/mol. The van der Waals surface area contributed by atoms with Crippen molar-refractivity contribution in [2.75, 3.05) is 31.8 Å². The van der Waals surface area contributed by atoms with Crippen molar-refractivity contribution in [1.82, 2.24) is 5.32 Å². The summed E-state index contributed by atoms with van der Waals surface area (Å²) in [5.74, 6) is -0.875. The van der Waals surface area contributed by atoms with Crippen LogP contribution in [0.2, 0.25) is 0 Å². The lowest BCUT2D eigenvalue weighted by Crippen LogP contribution is -2.27. The van der Waals surface area contributed by atoms with Gasteiger partial charge in [-0.2, -0.15) is 0 Å². The van der Waals surface area contributed by atoms with Crippen LogP contribution in [0, 0.1) is 0 Å². The van der Waals surface area contributed by atoms with Gasteiger partial charge in [-0.3, -0.25) is 9.59 Å². The first-order valence-corrected chi connectivity index (χ1v) is 5.37. The normalized spacial score (nSPS) is 9.79. The zero-order chi connectivity index (χ0) is 10.8. The maximum atomic E-state index is 11.0. The zero-order valence-electron chi connectivity index (χ0n) is 8.12. The lowest BCUT2D eigenvalue weighted by Gasteiger charge is -2.03. The van der Waals surface area contributed by atoms with Gasteiger partial charge >= 0.3 is 5.97 Å². The smallest absolute Gasteiger partial charge is 0.313 e. The van der Waals surface area contributed by atoms with Crippen LogP contribution in [0.15, 0.2) is 0 Å². The third kappa shape index (κ3) is 9.34. The Bertz CT molecular complexity index is 186. The first-order chi connectivity index (χ1) is 6.66. The Morgan fingerprint density at radius 2 is 2.14 bits per heavy atom. The SMILES string of the molecule is COCCCNC(=O)CSCC(=O)O. The summed E-state index contributed by atoms with van der Waals surface area (Å²) in [5, 5.41) is 11.0. The summed E-state index contributed by atoms with van der Waals surface area (Å²) in [7, 11) is 1.60. The van der Waals surface area contributed by atoms with E-state index in [2.05, 4.69) is 5.32 Å². The van der Waals surface area contributed by atoms with Crippen molar-refractivity contribution in [3.63, 3.8) is 0 Å². The van der Waals surface area contributed by atoms with Gasteiger partial charge in [0, 0.05) is 20.3 Å². The number of thioether (sulfide) groups is 1. The highest BCUT2D eigenvalue weighted by molar-refractivity contribution is 8.00. The summed E-state index contributed by atoms with van der Waals surface area (Å²) in [6, 6.07) is 0. The molecule has 14 heavy (non-hydrogen) atoms. The number of hydrogen-bond acceptors (Lipinski definition) is 4. The maximum Gasteiger partial charge on any atom is 0.313 e. The fraction of sp³-hybridized carbons (Fsp3) is 0.750. The van der Waals surface area contributed by atoms with Crippen LogP contribution in [-0.2, 0) is 14.3 Å². The van der Waals surface area contributed by atoms with Gasteiger partial charge in [0.25, 0.3) is 0 Å². The van der Waals surface area contributed by atoms with Crippen LogP contribution in [0.1, 0.15) is 6.42 Å². The lowest BCUT2D eigenvalue weighted by molar-refractivity contribution is -0.133. The molecule has 82 valence electrons.